The van der Waals surface area contributed by atoms with Gasteiger partial charge in [-0.25, -0.2) is 4.98 Å². The van der Waals surface area contributed by atoms with E-state index in [2.05, 4.69) is 26.9 Å². The fourth-order valence-corrected chi connectivity index (χ4v) is 2.42. The molecule has 0 saturated carbocycles. The molecule has 0 aliphatic carbocycles. The molecule has 2 aromatic heterocycles. The van der Waals surface area contributed by atoms with Crippen LogP contribution in [0.1, 0.15) is 25.6 Å². The minimum Gasteiger partial charge on any atom is -0.355 e. The van der Waals surface area contributed by atoms with Gasteiger partial charge in [0.15, 0.2) is 5.82 Å². The molecule has 20 heavy (non-hydrogen) atoms. The average molecular weight is 273 g/mol. The summed E-state index contributed by atoms with van der Waals surface area (Å²) in [6.45, 7) is 3.89. The predicted molar refractivity (Wildman–Crippen MR) is 76.3 cm³/mol. The van der Waals surface area contributed by atoms with Crippen LogP contribution in [-0.4, -0.2) is 34.3 Å². The molecule has 6 heteroatoms. The number of aryl methyl sites for hydroxylation is 1. The molecule has 1 atom stereocenters. The van der Waals surface area contributed by atoms with E-state index >= 15 is 0 Å². The van der Waals surface area contributed by atoms with E-state index in [1.807, 2.05) is 12.1 Å². The third-order valence-electron chi connectivity index (χ3n) is 3.48. The molecule has 1 aliphatic rings. The summed E-state index contributed by atoms with van der Waals surface area (Å²) in [6, 6.07) is 4.12. The van der Waals surface area contributed by atoms with Crippen LogP contribution in [0.5, 0.6) is 0 Å². The third-order valence-corrected chi connectivity index (χ3v) is 3.48. The molecule has 0 amide bonds. The van der Waals surface area contributed by atoms with Gasteiger partial charge in [-0.2, -0.15) is 4.98 Å². The smallest absolute Gasteiger partial charge is 0.258 e. The maximum Gasteiger partial charge on any atom is 0.258 e. The van der Waals surface area contributed by atoms with Crippen molar-refractivity contribution in [1.82, 2.24) is 15.1 Å². The van der Waals surface area contributed by atoms with E-state index in [-0.39, 0.29) is 6.04 Å². The molecule has 0 radical (unpaired) electrons. The van der Waals surface area contributed by atoms with Crippen LogP contribution in [0.15, 0.2) is 22.9 Å². The van der Waals surface area contributed by atoms with E-state index in [0.29, 0.717) is 5.89 Å². The van der Waals surface area contributed by atoms with Crippen LogP contribution in [0, 0.1) is 0 Å². The van der Waals surface area contributed by atoms with Crippen molar-refractivity contribution in [1.29, 1.82) is 0 Å². The first-order chi connectivity index (χ1) is 9.76. The summed E-state index contributed by atoms with van der Waals surface area (Å²) in [4.78, 5) is 11.0. The molecule has 3 rings (SSSR count). The molecule has 6 nitrogen and oxygen atoms in total. The van der Waals surface area contributed by atoms with E-state index in [4.69, 9.17) is 10.3 Å². The third kappa shape index (κ3) is 2.65. The van der Waals surface area contributed by atoms with Crippen molar-refractivity contribution >= 4 is 5.82 Å². The maximum atomic E-state index is 5.94. The van der Waals surface area contributed by atoms with Gasteiger partial charge in [0.1, 0.15) is 5.82 Å². The van der Waals surface area contributed by atoms with Gasteiger partial charge < -0.3 is 15.2 Å². The van der Waals surface area contributed by atoms with Gasteiger partial charge in [-0.15, -0.1) is 0 Å². The summed E-state index contributed by atoms with van der Waals surface area (Å²) in [5.41, 5.74) is 6.85. The van der Waals surface area contributed by atoms with Gasteiger partial charge in [-0.3, -0.25) is 0 Å². The molecule has 1 unspecified atom stereocenters. The molecular weight excluding hydrogens is 254 g/mol. The van der Waals surface area contributed by atoms with Crippen LogP contribution >= 0.6 is 0 Å². The number of aromatic nitrogens is 3. The van der Waals surface area contributed by atoms with Gasteiger partial charge in [0.05, 0.1) is 0 Å². The number of nitrogens with zero attached hydrogens (tertiary/aromatic N) is 4. The molecule has 0 bridgehead atoms. The molecule has 0 aromatic carbocycles. The zero-order chi connectivity index (χ0) is 13.9. The lowest BCUT2D eigenvalue weighted by Crippen LogP contribution is -2.26. The standard InChI is InChI=1S/C14H19N5O/c1-2-3-12-17-14(20-18-12)10-4-6-16-13(8-10)19-7-5-11(15)9-19/h4,6,8,11H,2-3,5,7,9,15H2,1H3. The monoisotopic (exact) mass is 273 g/mol. The summed E-state index contributed by atoms with van der Waals surface area (Å²) in [5.74, 6) is 2.23. The second-order valence-electron chi connectivity index (χ2n) is 5.16. The van der Waals surface area contributed by atoms with Crippen LogP contribution < -0.4 is 10.6 Å². The Balaban J connectivity index is 1.83. The first kappa shape index (κ1) is 13.1. The normalized spacial score (nSPS) is 18.7. The Morgan fingerprint density at radius 3 is 3.15 bits per heavy atom. The predicted octanol–water partition coefficient (Wildman–Crippen LogP) is 1.62. The van der Waals surface area contributed by atoms with Gasteiger partial charge in [-0.05, 0) is 25.0 Å². The molecule has 1 fully saturated rings. The fourth-order valence-electron chi connectivity index (χ4n) is 2.42. The molecule has 2 aromatic rings. The summed E-state index contributed by atoms with van der Waals surface area (Å²) < 4.78 is 5.31. The van der Waals surface area contributed by atoms with E-state index in [1.165, 1.54) is 0 Å². The van der Waals surface area contributed by atoms with Crippen LogP contribution in [0.4, 0.5) is 5.82 Å². The highest BCUT2D eigenvalue weighted by Crippen LogP contribution is 2.23. The van der Waals surface area contributed by atoms with Gasteiger partial charge in [0, 0.05) is 37.3 Å². The lowest BCUT2D eigenvalue weighted by Gasteiger charge is -2.16. The molecule has 1 saturated heterocycles. The first-order valence-electron chi connectivity index (χ1n) is 7.06. The Bertz CT molecular complexity index is 582. The second-order valence-corrected chi connectivity index (χ2v) is 5.16. The molecule has 1 aliphatic heterocycles. The zero-order valence-electron chi connectivity index (χ0n) is 11.6. The van der Waals surface area contributed by atoms with E-state index in [9.17, 15) is 0 Å². The van der Waals surface area contributed by atoms with Crippen molar-refractivity contribution in [3.63, 3.8) is 0 Å². The van der Waals surface area contributed by atoms with Crippen LogP contribution in [-0.2, 0) is 6.42 Å². The summed E-state index contributed by atoms with van der Waals surface area (Å²) in [7, 11) is 0. The number of hydrogen-bond donors (Lipinski definition) is 1. The zero-order valence-corrected chi connectivity index (χ0v) is 11.6. The van der Waals surface area contributed by atoms with Crippen molar-refractivity contribution in [3.8, 4) is 11.5 Å². The van der Waals surface area contributed by atoms with Gasteiger partial charge in [0.2, 0.25) is 0 Å². The van der Waals surface area contributed by atoms with E-state index in [1.54, 1.807) is 6.20 Å². The molecule has 106 valence electrons. The quantitative estimate of drug-likeness (QED) is 0.911. The number of anilines is 1. The lowest BCUT2D eigenvalue weighted by molar-refractivity contribution is 0.422. The highest BCUT2D eigenvalue weighted by atomic mass is 16.5. The SMILES string of the molecule is CCCc1noc(-c2ccnc(N3CCC(N)C3)c2)n1. The molecule has 0 spiro atoms. The minimum absolute atomic E-state index is 0.236. The number of rotatable bonds is 4. The average Bonchev–Trinajstić information content (AvgIpc) is 3.09. The topological polar surface area (TPSA) is 81.1 Å². The Hall–Kier alpha value is -1.95. The molecule has 2 N–H and O–H groups in total. The lowest BCUT2D eigenvalue weighted by atomic mass is 10.2. The van der Waals surface area contributed by atoms with Gasteiger partial charge in [0.25, 0.3) is 5.89 Å². The summed E-state index contributed by atoms with van der Waals surface area (Å²) >= 11 is 0. The van der Waals surface area contributed by atoms with Gasteiger partial charge in [-0.1, -0.05) is 12.1 Å². The van der Waals surface area contributed by atoms with E-state index in [0.717, 1.165) is 49.6 Å². The largest absolute Gasteiger partial charge is 0.355 e. The Labute approximate surface area is 118 Å². The Morgan fingerprint density at radius 1 is 1.50 bits per heavy atom. The van der Waals surface area contributed by atoms with Crippen LogP contribution in [0.25, 0.3) is 11.5 Å². The fraction of sp³-hybridized carbons (Fsp3) is 0.500. The van der Waals surface area contributed by atoms with Crippen molar-refractivity contribution in [3.05, 3.63) is 24.2 Å². The highest BCUT2D eigenvalue weighted by Gasteiger charge is 2.21. The number of pyridine rings is 1. The maximum absolute atomic E-state index is 5.94. The van der Waals surface area contributed by atoms with E-state index < -0.39 is 0 Å². The summed E-state index contributed by atoms with van der Waals surface area (Å²) in [6.07, 6.45) is 4.62. The number of nitrogens with two attached hydrogens (primary N) is 1. The Kier molecular flexibility index (Phi) is 3.64. The highest BCUT2D eigenvalue weighted by molar-refractivity contribution is 5.59. The van der Waals surface area contributed by atoms with Crippen molar-refractivity contribution in [2.45, 2.75) is 32.2 Å². The summed E-state index contributed by atoms with van der Waals surface area (Å²) in [5, 5.41) is 3.98. The van der Waals surface area contributed by atoms with Crippen LogP contribution in [0.3, 0.4) is 0 Å². The van der Waals surface area contributed by atoms with Crippen LogP contribution in [0.2, 0.25) is 0 Å². The van der Waals surface area contributed by atoms with Crippen molar-refractivity contribution in [2.75, 3.05) is 18.0 Å². The number of hydrogen-bond acceptors (Lipinski definition) is 6. The minimum atomic E-state index is 0.236. The molecule has 3 heterocycles. The first-order valence-corrected chi connectivity index (χ1v) is 7.06. The Morgan fingerprint density at radius 2 is 2.40 bits per heavy atom. The molecular formula is C14H19N5O. The second kappa shape index (κ2) is 5.58. The van der Waals surface area contributed by atoms with Crippen molar-refractivity contribution in [2.24, 2.45) is 5.73 Å². The van der Waals surface area contributed by atoms with Gasteiger partial charge >= 0.3 is 0 Å². The van der Waals surface area contributed by atoms with Crippen molar-refractivity contribution < 1.29 is 4.52 Å².